The minimum Gasteiger partial charge on any atom is -0.410 e. The maximum absolute atomic E-state index is 12.0. The van der Waals surface area contributed by atoms with Crippen molar-refractivity contribution in [1.82, 2.24) is 15.2 Å². The second-order valence-corrected chi connectivity index (χ2v) is 8.14. The Labute approximate surface area is 147 Å². The standard InChI is InChI=1S/C17H17N3O2S2/c1-10-4-5-14-11(7-10)8-15(24-14)16-19-20-17(22-16)23-9-13(21)12-3-2-6-18-12/h2-3,6,8,10,18H,4-5,7,9H2,1H3. The summed E-state index contributed by atoms with van der Waals surface area (Å²) in [5, 5.41) is 8.64. The zero-order valence-electron chi connectivity index (χ0n) is 13.2. The number of ketones is 1. The summed E-state index contributed by atoms with van der Waals surface area (Å²) in [6.07, 6.45) is 5.26. The number of carbonyl (C=O) groups is 1. The van der Waals surface area contributed by atoms with E-state index in [2.05, 4.69) is 28.2 Å². The average Bonchev–Trinajstić information content (AvgIpc) is 3.30. The molecule has 3 aromatic rings. The topological polar surface area (TPSA) is 71.8 Å². The number of aryl methyl sites for hydroxylation is 1. The van der Waals surface area contributed by atoms with Crippen LogP contribution in [-0.4, -0.2) is 26.7 Å². The van der Waals surface area contributed by atoms with E-state index in [-0.39, 0.29) is 11.5 Å². The number of rotatable bonds is 5. The molecule has 0 amide bonds. The van der Waals surface area contributed by atoms with E-state index in [0.717, 1.165) is 23.6 Å². The molecule has 1 aliphatic carbocycles. The van der Waals surface area contributed by atoms with Gasteiger partial charge in [-0.05, 0) is 48.9 Å². The molecule has 0 radical (unpaired) electrons. The number of Topliss-reactive ketones (excluding diaryl/α,β-unsaturated/α-hetero) is 1. The van der Waals surface area contributed by atoms with Gasteiger partial charge in [0.2, 0.25) is 0 Å². The Kier molecular flexibility index (Phi) is 4.28. The van der Waals surface area contributed by atoms with Gasteiger partial charge < -0.3 is 9.40 Å². The van der Waals surface area contributed by atoms with Gasteiger partial charge in [-0.1, -0.05) is 18.7 Å². The lowest BCUT2D eigenvalue weighted by Crippen LogP contribution is -2.07. The normalized spacial score (nSPS) is 17.0. The van der Waals surface area contributed by atoms with Crippen molar-refractivity contribution >= 4 is 28.9 Å². The Morgan fingerprint density at radius 3 is 3.25 bits per heavy atom. The van der Waals surface area contributed by atoms with Gasteiger partial charge >= 0.3 is 0 Å². The molecular weight excluding hydrogens is 342 g/mol. The van der Waals surface area contributed by atoms with Gasteiger partial charge in [0.15, 0.2) is 5.78 Å². The van der Waals surface area contributed by atoms with E-state index >= 15 is 0 Å². The van der Waals surface area contributed by atoms with Gasteiger partial charge in [0.05, 0.1) is 16.3 Å². The highest BCUT2D eigenvalue weighted by Crippen LogP contribution is 2.37. The maximum atomic E-state index is 12.0. The zero-order valence-corrected chi connectivity index (χ0v) is 14.9. The van der Waals surface area contributed by atoms with E-state index in [1.807, 2.05) is 6.07 Å². The van der Waals surface area contributed by atoms with Gasteiger partial charge in [-0.2, -0.15) is 0 Å². The number of thioether (sulfide) groups is 1. The van der Waals surface area contributed by atoms with Crippen LogP contribution < -0.4 is 0 Å². The van der Waals surface area contributed by atoms with Crippen molar-refractivity contribution < 1.29 is 9.21 Å². The number of nitrogens with one attached hydrogen (secondary N) is 1. The summed E-state index contributed by atoms with van der Waals surface area (Å²) >= 11 is 3.02. The first kappa shape index (κ1) is 15.7. The smallest absolute Gasteiger partial charge is 0.277 e. The minimum absolute atomic E-state index is 0.0188. The molecule has 0 aliphatic heterocycles. The van der Waals surface area contributed by atoms with Crippen molar-refractivity contribution in [2.24, 2.45) is 5.92 Å². The van der Waals surface area contributed by atoms with Crippen LogP contribution in [0.3, 0.4) is 0 Å². The highest BCUT2D eigenvalue weighted by molar-refractivity contribution is 7.99. The fourth-order valence-corrected chi connectivity index (χ4v) is 4.66. The number of nitrogens with zero attached hydrogens (tertiary/aromatic N) is 2. The predicted octanol–water partition coefficient (Wildman–Crippen LogP) is 4.23. The van der Waals surface area contributed by atoms with Crippen molar-refractivity contribution in [2.45, 2.75) is 31.4 Å². The monoisotopic (exact) mass is 359 g/mol. The Morgan fingerprint density at radius 1 is 1.50 bits per heavy atom. The van der Waals surface area contributed by atoms with E-state index in [1.54, 1.807) is 23.6 Å². The van der Waals surface area contributed by atoms with Gasteiger partial charge in [0.1, 0.15) is 0 Å². The summed E-state index contributed by atoms with van der Waals surface area (Å²) in [6, 6.07) is 5.75. The number of hydrogen-bond acceptors (Lipinski definition) is 6. The summed E-state index contributed by atoms with van der Waals surface area (Å²) in [5.74, 6) is 1.59. The first-order valence-electron chi connectivity index (χ1n) is 7.94. The van der Waals surface area contributed by atoms with Crippen LogP contribution in [0.1, 0.15) is 34.3 Å². The number of fused-ring (bicyclic) bond motifs is 1. The average molecular weight is 359 g/mol. The quantitative estimate of drug-likeness (QED) is 0.545. The molecule has 0 saturated carbocycles. The molecule has 5 nitrogen and oxygen atoms in total. The molecule has 0 saturated heterocycles. The van der Waals surface area contributed by atoms with E-state index < -0.39 is 0 Å². The molecule has 1 N–H and O–H groups in total. The highest BCUT2D eigenvalue weighted by Gasteiger charge is 2.21. The third-order valence-electron chi connectivity index (χ3n) is 4.17. The lowest BCUT2D eigenvalue weighted by Gasteiger charge is -2.16. The number of aromatic amines is 1. The van der Waals surface area contributed by atoms with Gasteiger partial charge in [0, 0.05) is 11.1 Å². The van der Waals surface area contributed by atoms with Crippen molar-refractivity contribution in [3.05, 3.63) is 40.5 Å². The Bertz CT molecular complexity index is 851. The first-order chi connectivity index (χ1) is 11.7. The number of carbonyl (C=O) groups excluding carboxylic acids is 1. The molecule has 3 aromatic heterocycles. The fraction of sp³-hybridized carbons (Fsp3) is 0.353. The van der Waals surface area contributed by atoms with Crippen LogP contribution in [-0.2, 0) is 12.8 Å². The third-order valence-corrected chi connectivity index (χ3v) is 6.22. The molecule has 0 aromatic carbocycles. The number of hydrogen-bond donors (Lipinski definition) is 1. The van der Waals surface area contributed by atoms with E-state index in [0.29, 0.717) is 16.8 Å². The molecular formula is C17H17N3O2S2. The number of H-pyrrole nitrogens is 1. The van der Waals surface area contributed by atoms with Crippen LogP contribution in [0.15, 0.2) is 34.0 Å². The Morgan fingerprint density at radius 2 is 2.42 bits per heavy atom. The maximum Gasteiger partial charge on any atom is 0.277 e. The van der Waals surface area contributed by atoms with Crippen molar-refractivity contribution in [1.29, 1.82) is 0 Å². The molecule has 124 valence electrons. The van der Waals surface area contributed by atoms with E-state index in [1.165, 1.54) is 28.6 Å². The predicted molar refractivity (Wildman–Crippen MR) is 94.6 cm³/mol. The largest absolute Gasteiger partial charge is 0.410 e. The van der Waals surface area contributed by atoms with Crippen LogP contribution in [0, 0.1) is 5.92 Å². The van der Waals surface area contributed by atoms with Crippen LogP contribution in [0.2, 0.25) is 0 Å². The summed E-state index contributed by atoms with van der Waals surface area (Å²) in [5.41, 5.74) is 2.02. The molecule has 0 bridgehead atoms. The Hall–Kier alpha value is -1.86. The first-order valence-corrected chi connectivity index (χ1v) is 9.74. The molecule has 0 spiro atoms. The minimum atomic E-state index is 0.0188. The molecule has 24 heavy (non-hydrogen) atoms. The molecule has 4 rings (SSSR count). The summed E-state index contributed by atoms with van der Waals surface area (Å²) in [6.45, 7) is 2.29. The Balaban J connectivity index is 1.44. The molecule has 1 aliphatic rings. The summed E-state index contributed by atoms with van der Waals surface area (Å²) in [4.78, 5) is 17.4. The molecule has 1 unspecified atom stereocenters. The van der Waals surface area contributed by atoms with Crippen LogP contribution in [0.25, 0.3) is 10.8 Å². The lowest BCUT2D eigenvalue weighted by molar-refractivity contribution is 0.101. The second kappa shape index (κ2) is 6.57. The number of thiophene rings is 1. The van der Waals surface area contributed by atoms with E-state index in [4.69, 9.17) is 4.42 Å². The van der Waals surface area contributed by atoms with Crippen molar-refractivity contribution in [2.75, 3.05) is 5.75 Å². The summed E-state index contributed by atoms with van der Waals surface area (Å²) in [7, 11) is 0. The van der Waals surface area contributed by atoms with Crippen LogP contribution in [0.4, 0.5) is 0 Å². The SMILES string of the molecule is CC1CCc2sc(-c3nnc(SCC(=O)c4ccc[nH]4)o3)cc2C1. The van der Waals surface area contributed by atoms with Crippen LogP contribution >= 0.6 is 23.1 Å². The van der Waals surface area contributed by atoms with Gasteiger partial charge in [-0.15, -0.1) is 21.5 Å². The van der Waals surface area contributed by atoms with Gasteiger partial charge in [0.25, 0.3) is 11.1 Å². The number of aromatic nitrogens is 3. The van der Waals surface area contributed by atoms with E-state index in [9.17, 15) is 4.79 Å². The third kappa shape index (κ3) is 3.18. The summed E-state index contributed by atoms with van der Waals surface area (Å²) < 4.78 is 5.73. The highest BCUT2D eigenvalue weighted by atomic mass is 32.2. The lowest BCUT2D eigenvalue weighted by atomic mass is 9.90. The second-order valence-electron chi connectivity index (χ2n) is 6.08. The van der Waals surface area contributed by atoms with Crippen molar-refractivity contribution in [3.63, 3.8) is 0 Å². The fourth-order valence-electron chi connectivity index (χ4n) is 2.89. The zero-order chi connectivity index (χ0) is 16.5. The van der Waals surface area contributed by atoms with Gasteiger partial charge in [-0.3, -0.25) is 4.79 Å². The molecule has 0 fully saturated rings. The molecule has 3 heterocycles. The van der Waals surface area contributed by atoms with Gasteiger partial charge in [-0.25, -0.2) is 0 Å². The molecule has 1 atom stereocenters. The molecule has 7 heteroatoms. The van der Waals surface area contributed by atoms with Crippen molar-refractivity contribution in [3.8, 4) is 10.8 Å². The van der Waals surface area contributed by atoms with Crippen LogP contribution in [0.5, 0.6) is 0 Å².